The molecule has 168 valence electrons. The van der Waals surface area contributed by atoms with Gasteiger partial charge in [-0.2, -0.15) is 0 Å². The van der Waals surface area contributed by atoms with Gasteiger partial charge < -0.3 is 14.8 Å². The molecule has 0 spiro atoms. The van der Waals surface area contributed by atoms with Crippen molar-refractivity contribution in [2.45, 2.75) is 26.3 Å². The molecule has 3 aromatic rings. The highest BCUT2D eigenvalue weighted by atomic mass is 32.1. The summed E-state index contributed by atoms with van der Waals surface area (Å²) in [4.78, 5) is 25.4. The average Bonchev–Trinajstić information content (AvgIpc) is 3.26. The Morgan fingerprint density at radius 1 is 0.938 bits per heavy atom. The predicted molar refractivity (Wildman–Crippen MR) is 124 cm³/mol. The van der Waals surface area contributed by atoms with E-state index >= 15 is 0 Å². The third kappa shape index (κ3) is 6.04. The molecule has 2 aromatic carbocycles. The lowest BCUT2D eigenvalue weighted by Gasteiger charge is -2.21. The number of carbonyl (C=O) groups excluding carboxylic acids is 2. The minimum absolute atomic E-state index is 0.108. The Hall–Kier alpha value is -3.46. The average molecular weight is 455 g/mol. The van der Waals surface area contributed by atoms with Crippen molar-refractivity contribution in [2.24, 2.45) is 5.92 Å². The summed E-state index contributed by atoms with van der Waals surface area (Å²) >= 11 is 1.26. The van der Waals surface area contributed by atoms with Gasteiger partial charge in [0.2, 0.25) is 16.9 Å². The highest BCUT2D eigenvalue weighted by molar-refractivity contribution is 7.18. The van der Waals surface area contributed by atoms with E-state index in [1.54, 1.807) is 26.4 Å². The maximum absolute atomic E-state index is 12.8. The largest absolute Gasteiger partial charge is 0.497 e. The Morgan fingerprint density at radius 2 is 1.53 bits per heavy atom. The van der Waals surface area contributed by atoms with Crippen LogP contribution < -0.4 is 20.1 Å². The van der Waals surface area contributed by atoms with Crippen LogP contribution in [0, 0.1) is 5.92 Å². The highest BCUT2D eigenvalue weighted by Crippen LogP contribution is 2.28. The van der Waals surface area contributed by atoms with Gasteiger partial charge in [-0.1, -0.05) is 37.3 Å². The molecule has 0 bridgehead atoms. The number of carbonyl (C=O) groups is 2. The maximum atomic E-state index is 12.8. The molecule has 0 aliphatic heterocycles. The number of nitrogens with one attached hydrogen (secondary N) is 2. The summed E-state index contributed by atoms with van der Waals surface area (Å²) in [6, 6.07) is 14.0. The van der Waals surface area contributed by atoms with Gasteiger partial charge in [-0.15, -0.1) is 10.2 Å². The van der Waals surface area contributed by atoms with Crippen LogP contribution in [0.2, 0.25) is 0 Å². The van der Waals surface area contributed by atoms with E-state index in [0.717, 1.165) is 22.6 Å². The Balaban J connectivity index is 1.62. The molecule has 1 unspecified atom stereocenters. The zero-order valence-corrected chi connectivity index (χ0v) is 19.2. The zero-order valence-electron chi connectivity index (χ0n) is 18.4. The second-order valence-electron chi connectivity index (χ2n) is 7.44. The number of hydrogen-bond donors (Lipinski definition) is 2. The molecule has 1 aromatic heterocycles. The summed E-state index contributed by atoms with van der Waals surface area (Å²) in [5, 5.41) is 14.8. The van der Waals surface area contributed by atoms with Crippen LogP contribution in [0.15, 0.2) is 48.5 Å². The smallest absolute Gasteiger partial charge is 0.249 e. The fraction of sp³-hybridized carbons (Fsp3) is 0.304. The molecule has 0 fully saturated rings. The second-order valence-corrected chi connectivity index (χ2v) is 8.42. The van der Waals surface area contributed by atoms with Crippen LogP contribution in [-0.4, -0.2) is 42.3 Å². The van der Waals surface area contributed by atoms with Gasteiger partial charge in [-0.25, -0.2) is 0 Å². The van der Waals surface area contributed by atoms with Crippen molar-refractivity contribution < 1.29 is 19.1 Å². The number of aromatic nitrogens is 2. The van der Waals surface area contributed by atoms with Crippen LogP contribution in [0.1, 0.15) is 19.4 Å². The van der Waals surface area contributed by atoms with Gasteiger partial charge >= 0.3 is 0 Å². The Labute approximate surface area is 191 Å². The van der Waals surface area contributed by atoms with Gasteiger partial charge in [0.1, 0.15) is 22.5 Å². The van der Waals surface area contributed by atoms with E-state index in [-0.39, 0.29) is 24.2 Å². The van der Waals surface area contributed by atoms with Gasteiger partial charge in [0.05, 0.1) is 20.6 Å². The van der Waals surface area contributed by atoms with Crippen LogP contribution in [0.25, 0.3) is 10.6 Å². The molecule has 2 amide bonds. The SMILES string of the molecule is COc1ccc(CC(=O)NC(C(=O)Nc2nnc(-c3ccc(OC)cc3)s2)C(C)C)cc1. The van der Waals surface area contributed by atoms with Crippen molar-refractivity contribution in [1.82, 2.24) is 15.5 Å². The first-order valence-corrected chi connectivity index (χ1v) is 10.9. The number of hydrogen-bond acceptors (Lipinski definition) is 7. The van der Waals surface area contributed by atoms with Gasteiger partial charge in [-0.05, 0) is 47.9 Å². The number of ether oxygens (including phenoxy) is 2. The van der Waals surface area contributed by atoms with Gasteiger partial charge in [0.15, 0.2) is 0 Å². The van der Waals surface area contributed by atoms with E-state index in [4.69, 9.17) is 9.47 Å². The summed E-state index contributed by atoms with van der Waals surface area (Å²) in [7, 11) is 3.19. The Bertz CT molecular complexity index is 1050. The van der Waals surface area contributed by atoms with Crippen molar-refractivity contribution in [1.29, 1.82) is 0 Å². The molecule has 8 nitrogen and oxygen atoms in total. The molecule has 0 radical (unpaired) electrons. The molecule has 0 aliphatic carbocycles. The van der Waals surface area contributed by atoms with E-state index in [0.29, 0.717) is 10.1 Å². The standard InChI is InChI=1S/C23H26N4O4S/c1-14(2)20(24-19(28)13-15-5-9-17(30-3)10-6-15)21(29)25-23-27-26-22(32-23)16-7-11-18(31-4)12-8-16/h5-12,14,20H,13H2,1-4H3,(H,24,28)(H,25,27,29). The van der Waals surface area contributed by atoms with Crippen LogP contribution >= 0.6 is 11.3 Å². The number of benzene rings is 2. The number of anilines is 1. The molecule has 0 saturated carbocycles. The molecule has 0 aliphatic rings. The van der Waals surface area contributed by atoms with Crippen LogP contribution in [0.3, 0.4) is 0 Å². The minimum atomic E-state index is -0.700. The first kappa shape index (κ1) is 23.2. The van der Waals surface area contributed by atoms with E-state index < -0.39 is 6.04 Å². The highest BCUT2D eigenvalue weighted by Gasteiger charge is 2.25. The molecular weight excluding hydrogens is 428 g/mol. The summed E-state index contributed by atoms with van der Waals surface area (Å²) in [5.41, 5.74) is 1.71. The van der Waals surface area contributed by atoms with Crippen molar-refractivity contribution in [3.05, 3.63) is 54.1 Å². The third-order valence-electron chi connectivity index (χ3n) is 4.78. The maximum Gasteiger partial charge on any atom is 0.249 e. The molecule has 9 heteroatoms. The van der Waals surface area contributed by atoms with Crippen molar-refractivity contribution in [3.63, 3.8) is 0 Å². The number of rotatable bonds is 9. The van der Waals surface area contributed by atoms with Crippen molar-refractivity contribution in [3.8, 4) is 22.1 Å². The second kappa shape index (κ2) is 10.7. The van der Waals surface area contributed by atoms with Crippen LogP contribution in [0.4, 0.5) is 5.13 Å². The number of methoxy groups -OCH3 is 2. The number of nitrogens with zero attached hydrogens (tertiary/aromatic N) is 2. The quantitative estimate of drug-likeness (QED) is 0.513. The lowest BCUT2D eigenvalue weighted by atomic mass is 10.0. The normalized spacial score (nSPS) is 11.7. The first-order chi connectivity index (χ1) is 15.4. The molecule has 1 heterocycles. The lowest BCUT2D eigenvalue weighted by molar-refractivity contribution is -0.127. The monoisotopic (exact) mass is 454 g/mol. The van der Waals surface area contributed by atoms with Gasteiger partial charge in [0.25, 0.3) is 0 Å². The zero-order chi connectivity index (χ0) is 23.1. The lowest BCUT2D eigenvalue weighted by Crippen LogP contribution is -2.47. The van der Waals surface area contributed by atoms with Gasteiger partial charge in [-0.3, -0.25) is 14.9 Å². The van der Waals surface area contributed by atoms with E-state index in [9.17, 15) is 9.59 Å². The molecule has 0 saturated heterocycles. The Morgan fingerprint density at radius 3 is 2.09 bits per heavy atom. The van der Waals surface area contributed by atoms with Crippen LogP contribution in [-0.2, 0) is 16.0 Å². The first-order valence-electron chi connectivity index (χ1n) is 10.1. The summed E-state index contributed by atoms with van der Waals surface area (Å²) in [6.07, 6.45) is 0.168. The molecule has 1 atom stereocenters. The topological polar surface area (TPSA) is 102 Å². The van der Waals surface area contributed by atoms with Gasteiger partial charge in [0, 0.05) is 5.56 Å². The summed E-state index contributed by atoms with van der Waals surface area (Å²) in [5.74, 6) is 0.793. The fourth-order valence-electron chi connectivity index (χ4n) is 3.00. The van der Waals surface area contributed by atoms with E-state index in [1.807, 2.05) is 50.2 Å². The van der Waals surface area contributed by atoms with E-state index in [1.165, 1.54) is 11.3 Å². The van der Waals surface area contributed by atoms with E-state index in [2.05, 4.69) is 20.8 Å². The minimum Gasteiger partial charge on any atom is -0.497 e. The van der Waals surface area contributed by atoms with Crippen molar-refractivity contribution >= 4 is 28.3 Å². The summed E-state index contributed by atoms with van der Waals surface area (Å²) < 4.78 is 10.3. The van der Waals surface area contributed by atoms with Crippen LogP contribution in [0.5, 0.6) is 11.5 Å². The fourth-order valence-corrected chi connectivity index (χ4v) is 3.75. The number of amides is 2. The molecule has 3 rings (SSSR count). The molecule has 32 heavy (non-hydrogen) atoms. The molecular formula is C23H26N4O4S. The predicted octanol–water partition coefficient (Wildman–Crippen LogP) is 3.54. The Kier molecular flexibility index (Phi) is 7.77. The summed E-state index contributed by atoms with van der Waals surface area (Å²) in [6.45, 7) is 3.75. The third-order valence-corrected chi connectivity index (χ3v) is 5.67. The van der Waals surface area contributed by atoms with Crippen molar-refractivity contribution in [2.75, 3.05) is 19.5 Å². The molecule has 2 N–H and O–H groups in total.